The first-order valence-corrected chi connectivity index (χ1v) is 9.21. The summed E-state index contributed by atoms with van der Waals surface area (Å²) in [6, 6.07) is 14.2. The third-order valence-corrected chi connectivity index (χ3v) is 4.98. The van der Waals surface area contributed by atoms with Crippen LogP contribution in [0, 0.1) is 5.82 Å². The molecular formula is C18H17ClFN3OS. The summed E-state index contributed by atoms with van der Waals surface area (Å²) in [6.45, 7) is 3.04. The highest BCUT2D eigenvalue weighted by Crippen LogP contribution is 2.28. The second-order valence-corrected chi connectivity index (χ2v) is 6.58. The molecule has 1 heterocycles. The number of nitrogens with zero attached hydrogens (tertiary/aromatic N) is 3. The van der Waals surface area contributed by atoms with Crippen molar-refractivity contribution in [3.8, 4) is 5.75 Å². The molecule has 1 aromatic heterocycles. The van der Waals surface area contributed by atoms with Crippen molar-refractivity contribution in [1.29, 1.82) is 0 Å². The zero-order chi connectivity index (χ0) is 17.6. The zero-order valence-electron chi connectivity index (χ0n) is 13.7. The molecule has 0 radical (unpaired) electrons. The molecule has 25 heavy (non-hydrogen) atoms. The van der Waals surface area contributed by atoms with Crippen molar-refractivity contribution in [3.05, 3.63) is 70.8 Å². The summed E-state index contributed by atoms with van der Waals surface area (Å²) < 4.78 is 21.6. The molecule has 0 aliphatic rings. The minimum Gasteiger partial charge on any atom is -0.486 e. The molecule has 3 aromatic rings. The Balaban J connectivity index is 1.69. The molecule has 0 aliphatic heterocycles. The van der Waals surface area contributed by atoms with Gasteiger partial charge >= 0.3 is 0 Å². The van der Waals surface area contributed by atoms with Crippen molar-refractivity contribution in [2.45, 2.75) is 31.0 Å². The summed E-state index contributed by atoms with van der Waals surface area (Å²) in [5.74, 6) is 1.59. The maximum absolute atomic E-state index is 13.9. The molecule has 0 fully saturated rings. The summed E-state index contributed by atoms with van der Waals surface area (Å²) >= 11 is 7.48. The molecule has 2 aromatic carbocycles. The van der Waals surface area contributed by atoms with Gasteiger partial charge in [-0.1, -0.05) is 47.6 Å². The number of halogens is 2. The van der Waals surface area contributed by atoms with E-state index in [0.717, 1.165) is 11.6 Å². The van der Waals surface area contributed by atoms with E-state index in [9.17, 15) is 4.39 Å². The Kier molecular flexibility index (Phi) is 5.94. The monoisotopic (exact) mass is 377 g/mol. The third kappa shape index (κ3) is 4.32. The molecule has 0 amide bonds. The van der Waals surface area contributed by atoms with Crippen molar-refractivity contribution in [2.75, 3.05) is 0 Å². The molecular weight excluding hydrogens is 361 g/mol. The van der Waals surface area contributed by atoms with Crippen LogP contribution in [0.3, 0.4) is 0 Å². The van der Waals surface area contributed by atoms with Gasteiger partial charge in [-0.3, -0.25) is 0 Å². The van der Waals surface area contributed by atoms with E-state index in [1.807, 2.05) is 41.8 Å². The Labute approximate surface area is 155 Å². The SMILES string of the molecule is CCn1c(COc2ccccc2)nnc1SCc1c(F)cccc1Cl. The van der Waals surface area contributed by atoms with Gasteiger partial charge in [-0.25, -0.2) is 4.39 Å². The van der Waals surface area contributed by atoms with Crippen LogP contribution in [-0.2, 0) is 18.9 Å². The van der Waals surface area contributed by atoms with Crippen LogP contribution in [0.4, 0.5) is 4.39 Å². The van der Waals surface area contributed by atoms with Crippen LogP contribution in [-0.4, -0.2) is 14.8 Å². The molecule has 4 nitrogen and oxygen atoms in total. The van der Waals surface area contributed by atoms with E-state index in [0.29, 0.717) is 34.6 Å². The molecule has 0 aliphatic carbocycles. The highest BCUT2D eigenvalue weighted by atomic mass is 35.5. The van der Waals surface area contributed by atoms with Gasteiger partial charge < -0.3 is 9.30 Å². The van der Waals surface area contributed by atoms with Crippen molar-refractivity contribution < 1.29 is 9.13 Å². The van der Waals surface area contributed by atoms with Crippen molar-refractivity contribution >= 4 is 23.4 Å². The smallest absolute Gasteiger partial charge is 0.191 e. The predicted octanol–water partition coefficient (Wildman–Crippen LogP) is 4.96. The third-order valence-electron chi connectivity index (χ3n) is 3.63. The molecule has 0 N–H and O–H groups in total. The average molecular weight is 378 g/mol. The number of thioether (sulfide) groups is 1. The number of para-hydroxylation sites is 1. The Morgan fingerprint density at radius 2 is 1.92 bits per heavy atom. The van der Waals surface area contributed by atoms with Gasteiger partial charge in [0.25, 0.3) is 0 Å². The Bertz CT molecular complexity index is 821. The van der Waals surface area contributed by atoms with Crippen LogP contribution in [0.5, 0.6) is 5.75 Å². The summed E-state index contributed by atoms with van der Waals surface area (Å²) in [7, 11) is 0. The van der Waals surface area contributed by atoms with Crippen LogP contribution in [0.1, 0.15) is 18.3 Å². The summed E-state index contributed by atoms with van der Waals surface area (Å²) in [6.07, 6.45) is 0. The van der Waals surface area contributed by atoms with E-state index in [1.165, 1.54) is 17.8 Å². The van der Waals surface area contributed by atoms with Crippen LogP contribution in [0.25, 0.3) is 0 Å². The topological polar surface area (TPSA) is 39.9 Å². The lowest BCUT2D eigenvalue weighted by Gasteiger charge is -2.09. The van der Waals surface area contributed by atoms with Gasteiger partial charge in [0.15, 0.2) is 11.0 Å². The molecule has 0 saturated heterocycles. The van der Waals surface area contributed by atoms with Gasteiger partial charge in [0.05, 0.1) is 0 Å². The Morgan fingerprint density at radius 3 is 2.64 bits per heavy atom. The van der Waals surface area contributed by atoms with Crippen LogP contribution in [0.15, 0.2) is 53.7 Å². The zero-order valence-corrected chi connectivity index (χ0v) is 15.2. The van der Waals surface area contributed by atoms with Gasteiger partial charge in [0.2, 0.25) is 0 Å². The fourth-order valence-electron chi connectivity index (χ4n) is 2.32. The van der Waals surface area contributed by atoms with Crippen molar-refractivity contribution in [3.63, 3.8) is 0 Å². The highest BCUT2D eigenvalue weighted by Gasteiger charge is 2.14. The molecule has 0 bridgehead atoms. The second kappa shape index (κ2) is 8.36. The van der Waals surface area contributed by atoms with E-state index in [-0.39, 0.29) is 5.82 Å². The number of hydrogen-bond donors (Lipinski definition) is 0. The molecule has 0 unspecified atom stereocenters. The van der Waals surface area contributed by atoms with Gasteiger partial charge in [-0.05, 0) is 31.2 Å². The molecule has 130 valence electrons. The standard InChI is InChI=1S/C18H17ClFN3OS/c1-2-23-17(11-24-13-7-4-3-5-8-13)21-22-18(23)25-12-14-15(19)9-6-10-16(14)20/h3-10H,2,11-12H2,1H3. The summed E-state index contributed by atoms with van der Waals surface area (Å²) in [4.78, 5) is 0. The second-order valence-electron chi connectivity index (χ2n) is 5.23. The van der Waals surface area contributed by atoms with Gasteiger partial charge in [-0.2, -0.15) is 0 Å². The first kappa shape index (κ1) is 17.8. The fraction of sp³-hybridized carbons (Fsp3) is 0.222. The first-order valence-electron chi connectivity index (χ1n) is 7.84. The molecule has 7 heteroatoms. The largest absolute Gasteiger partial charge is 0.486 e. The maximum atomic E-state index is 13.9. The van der Waals surface area contributed by atoms with Crippen molar-refractivity contribution in [1.82, 2.24) is 14.8 Å². The number of rotatable bonds is 7. The van der Waals surface area contributed by atoms with Crippen LogP contribution >= 0.6 is 23.4 Å². The van der Waals surface area contributed by atoms with Gasteiger partial charge in [-0.15, -0.1) is 10.2 Å². The van der Waals surface area contributed by atoms with Gasteiger partial charge in [0, 0.05) is 22.9 Å². The number of benzene rings is 2. The normalized spacial score (nSPS) is 10.8. The van der Waals surface area contributed by atoms with E-state index in [1.54, 1.807) is 12.1 Å². The molecule has 0 saturated carbocycles. The highest BCUT2D eigenvalue weighted by molar-refractivity contribution is 7.98. The summed E-state index contributed by atoms with van der Waals surface area (Å²) in [5, 5.41) is 9.54. The Morgan fingerprint density at radius 1 is 1.12 bits per heavy atom. The lowest BCUT2D eigenvalue weighted by Crippen LogP contribution is -2.07. The molecule has 3 rings (SSSR count). The quantitative estimate of drug-likeness (QED) is 0.545. The number of aromatic nitrogens is 3. The van der Waals surface area contributed by atoms with E-state index in [4.69, 9.17) is 16.3 Å². The lowest BCUT2D eigenvalue weighted by atomic mass is 10.2. The number of ether oxygens (including phenoxy) is 1. The summed E-state index contributed by atoms with van der Waals surface area (Å²) in [5.41, 5.74) is 0.474. The lowest BCUT2D eigenvalue weighted by molar-refractivity contribution is 0.288. The maximum Gasteiger partial charge on any atom is 0.191 e. The fourth-order valence-corrected chi connectivity index (χ4v) is 3.69. The molecule has 0 atom stereocenters. The first-order chi connectivity index (χ1) is 12.2. The average Bonchev–Trinajstić information content (AvgIpc) is 3.02. The number of hydrogen-bond acceptors (Lipinski definition) is 4. The van der Waals surface area contributed by atoms with E-state index in [2.05, 4.69) is 10.2 Å². The minimum atomic E-state index is -0.310. The van der Waals surface area contributed by atoms with E-state index >= 15 is 0 Å². The van der Waals surface area contributed by atoms with Crippen LogP contribution < -0.4 is 4.74 Å². The van der Waals surface area contributed by atoms with Crippen molar-refractivity contribution in [2.24, 2.45) is 0 Å². The minimum absolute atomic E-state index is 0.310. The van der Waals surface area contributed by atoms with Gasteiger partial charge in [0.1, 0.15) is 18.2 Å². The Hall–Kier alpha value is -2.05. The predicted molar refractivity (Wildman–Crippen MR) is 97.4 cm³/mol. The molecule has 0 spiro atoms. The van der Waals surface area contributed by atoms with E-state index < -0.39 is 0 Å². The van der Waals surface area contributed by atoms with Crippen LogP contribution in [0.2, 0.25) is 5.02 Å².